The monoisotopic (exact) mass is 250 g/mol. The fourth-order valence-corrected chi connectivity index (χ4v) is 2.73. The molecule has 1 heterocycles. The molecule has 0 aromatic heterocycles. The van der Waals surface area contributed by atoms with Crippen LogP contribution in [0.25, 0.3) is 0 Å². The number of hydrogen-bond donors (Lipinski definition) is 1. The summed E-state index contributed by atoms with van der Waals surface area (Å²) >= 11 is 0. The van der Waals surface area contributed by atoms with Gasteiger partial charge in [0.2, 0.25) is 0 Å². The lowest BCUT2D eigenvalue weighted by Crippen LogP contribution is -2.39. The van der Waals surface area contributed by atoms with E-state index >= 15 is 0 Å². The van der Waals surface area contributed by atoms with Gasteiger partial charge in [-0.2, -0.15) is 0 Å². The third kappa shape index (κ3) is 3.22. The maximum absolute atomic E-state index is 13.2. The molecule has 0 aliphatic carbocycles. The van der Waals surface area contributed by atoms with Crippen LogP contribution in [0.1, 0.15) is 25.3 Å². The molecule has 0 spiro atoms. The first-order valence-electron chi connectivity index (χ1n) is 6.77. The molecule has 18 heavy (non-hydrogen) atoms. The minimum atomic E-state index is -0.134. The molecule has 1 aromatic carbocycles. The molecule has 0 bridgehead atoms. The molecule has 1 aliphatic rings. The van der Waals surface area contributed by atoms with Crippen molar-refractivity contribution in [2.75, 3.05) is 25.5 Å². The predicted octanol–water partition coefficient (Wildman–Crippen LogP) is 3.28. The second-order valence-corrected chi connectivity index (χ2v) is 5.56. The quantitative estimate of drug-likeness (QED) is 0.885. The predicted molar refractivity (Wildman–Crippen MR) is 74.4 cm³/mol. The Morgan fingerprint density at radius 1 is 1.44 bits per heavy atom. The van der Waals surface area contributed by atoms with Gasteiger partial charge in [-0.15, -0.1) is 0 Å². The van der Waals surface area contributed by atoms with Gasteiger partial charge in [0.05, 0.1) is 0 Å². The summed E-state index contributed by atoms with van der Waals surface area (Å²) in [6.45, 7) is 6.38. The molecule has 0 radical (unpaired) electrons. The minimum absolute atomic E-state index is 0.134. The van der Waals surface area contributed by atoms with Crippen molar-refractivity contribution >= 4 is 5.69 Å². The van der Waals surface area contributed by atoms with Crippen LogP contribution in [0.5, 0.6) is 0 Å². The Labute approximate surface area is 109 Å². The van der Waals surface area contributed by atoms with Crippen molar-refractivity contribution in [1.29, 1.82) is 0 Å². The number of nitrogens with one attached hydrogen (secondary N) is 1. The van der Waals surface area contributed by atoms with Gasteiger partial charge in [-0.3, -0.25) is 0 Å². The van der Waals surface area contributed by atoms with Crippen LogP contribution < -0.4 is 5.32 Å². The molecule has 3 heteroatoms. The number of benzene rings is 1. The van der Waals surface area contributed by atoms with Gasteiger partial charge in [-0.25, -0.2) is 4.39 Å². The van der Waals surface area contributed by atoms with Crippen LogP contribution in [-0.4, -0.2) is 31.1 Å². The van der Waals surface area contributed by atoms with E-state index in [1.807, 2.05) is 12.1 Å². The van der Waals surface area contributed by atoms with Crippen molar-refractivity contribution < 1.29 is 4.39 Å². The first kappa shape index (κ1) is 13.3. The Bertz CT molecular complexity index is 405. The van der Waals surface area contributed by atoms with Crippen LogP contribution in [0.3, 0.4) is 0 Å². The number of likely N-dealkylation sites (tertiary alicyclic amines) is 1. The topological polar surface area (TPSA) is 15.3 Å². The van der Waals surface area contributed by atoms with Gasteiger partial charge in [-0.05, 0) is 70.0 Å². The number of aryl methyl sites for hydroxylation is 1. The van der Waals surface area contributed by atoms with Crippen molar-refractivity contribution in [2.24, 2.45) is 5.92 Å². The summed E-state index contributed by atoms with van der Waals surface area (Å²) in [6, 6.07) is 5.68. The van der Waals surface area contributed by atoms with Crippen molar-refractivity contribution in [1.82, 2.24) is 4.90 Å². The van der Waals surface area contributed by atoms with Crippen molar-refractivity contribution in [3.63, 3.8) is 0 Å². The highest BCUT2D eigenvalue weighted by Gasteiger charge is 2.22. The average molecular weight is 250 g/mol. The molecule has 1 saturated heterocycles. The molecule has 0 amide bonds. The van der Waals surface area contributed by atoms with Gasteiger partial charge >= 0.3 is 0 Å². The Morgan fingerprint density at radius 3 is 2.89 bits per heavy atom. The zero-order valence-corrected chi connectivity index (χ0v) is 11.5. The molecular formula is C15H23FN2. The SMILES string of the molecule is Cc1cc(NC(C)C2CCCN(C)C2)ccc1F. The third-order valence-electron chi connectivity index (χ3n) is 3.92. The molecule has 1 aliphatic heterocycles. The highest BCUT2D eigenvalue weighted by molar-refractivity contribution is 5.46. The summed E-state index contributed by atoms with van der Waals surface area (Å²) < 4.78 is 13.2. The molecule has 1 fully saturated rings. The minimum Gasteiger partial charge on any atom is -0.382 e. The first-order chi connectivity index (χ1) is 8.56. The van der Waals surface area contributed by atoms with E-state index in [1.54, 1.807) is 6.92 Å². The van der Waals surface area contributed by atoms with Crippen LogP contribution in [0.15, 0.2) is 18.2 Å². The number of piperidine rings is 1. The number of anilines is 1. The highest BCUT2D eigenvalue weighted by atomic mass is 19.1. The fraction of sp³-hybridized carbons (Fsp3) is 0.600. The van der Waals surface area contributed by atoms with E-state index in [0.29, 0.717) is 17.5 Å². The molecule has 1 aromatic rings. The van der Waals surface area contributed by atoms with Gasteiger partial charge in [0.15, 0.2) is 0 Å². The lowest BCUT2D eigenvalue weighted by Gasteiger charge is -2.34. The van der Waals surface area contributed by atoms with Crippen molar-refractivity contribution in [3.05, 3.63) is 29.6 Å². The van der Waals surface area contributed by atoms with Gasteiger partial charge in [-0.1, -0.05) is 0 Å². The Balaban J connectivity index is 1.97. The molecule has 100 valence electrons. The lowest BCUT2D eigenvalue weighted by molar-refractivity contribution is 0.197. The van der Waals surface area contributed by atoms with E-state index in [2.05, 4.69) is 24.2 Å². The van der Waals surface area contributed by atoms with Gasteiger partial charge < -0.3 is 10.2 Å². The summed E-state index contributed by atoms with van der Waals surface area (Å²) in [6.07, 6.45) is 2.55. The molecule has 2 unspecified atom stereocenters. The number of nitrogens with zero attached hydrogens (tertiary/aromatic N) is 1. The van der Waals surface area contributed by atoms with E-state index < -0.39 is 0 Å². The van der Waals surface area contributed by atoms with Crippen molar-refractivity contribution in [3.8, 4) is 0 Å². The van der Waals surface area contributed by atoms with E-state index in [-0.39, 0.29) is 5.82 Å². The molecule has 1 N–H and O–H groups in total. The smallest absolute Gasteiger partial charge is 0.126 e. The van der Waals surface area contributed by atoms with E-state index in [0.717, 1.165) is 12.2 Å². The summed E-state index contributed by atoms with van der Waals surface area (Å²) in [4.78, 5) is 2.39. The largest absolute Gasteiger partial charge is 0.382 e. The number of rotatable bonds is 3. The fourth-order valence-electron chi connectivity index (χ4n) is 2.73. The molecular weight excluding hydrogens is 227 g/mol. The van der Waals surface area contributed by atoms with Crippen LogP contribution in [0.4, 0.5) is 10.1 Å². The molecule has 2 atom stereocenters. The zero-order valence-electron chi connectivity index (χ0n) is 11.5. The van der Waals surface area contributed by atoms with Crippen LogP contribution >= 0.6 is 0 Å². The van der Waals surface area contributed by atoms with Crippen LogP contribution in [-0.2, 0) is 0 Å². The van der Waals surface area contributed by atoms with E-state index in [4.69, 9.17) is 0 Å². The lowest BCUT2D eigenvalue weighted by atomic mass is 9.91. The average Bonchev–Trinajstić information content (AvgIpc) is 2.34. The number of hydrogen-bond acceptors (Lipinski definition) is 2. The van der Waals surface area contributed by atoms with Gasteiger partial charge in [0.1, 0.15) is 5.82 Å². The second kappa shape index (κ2) is 5.70. The molecule has 0 saturated carbocycles. The molecule has 2 rings (SSSR count). The third-order valence-corrected chi connectivity index (χ3v) is 3.92. The van der Waals surface area contributed by atoms with Crippen LogP contribution in [0.2, 0.25) is 0 Å². The van der Waals surface area contributed by atoms with Crippen LogP contribution in [0, 0.1) is 18.7 Å². The zero-order chi connectivity index (χ0) is 13.1. The van der Waals surface area contributed by atoms with Gasteiger partial charge in [0.25, 0.3) is 0 Å². The number of halogens is 1. The van der Waals surface area contributed by atoms with E-state index in [9.17, 15) is 4.39 Å². The summed E-state index contributed by atoms with van der Waals surface area (Å²) in [5.74, 6) is 0.541. The summed E-state index contributed by atoms with van der Waals surface area (Å²) in [7, 11) is 2.18. The Morgan fingerprint density at radius 2 is 2.22 bits per heavy atom. The summed E-state index contributed by atoms with van der Waals surface area (Å²) in [5.41, 5.74) is 1.72. The normalized spacial score (nSPS) is 22.8. The maximum Gasteiger partial charge on any atom is 0.126 e. The first-order valence-corrected chi connectivity index (χ1v) is 6.77. The second-order valence-electron chi connectivity index (χ2n) is 5.56. The Hall–Kier alpha value is -1.09. The van der Waals surface area contributed by atoms with Crippen molar-refractivity contribution in [2.45, 2.75) is 32.7 Å². The van der Waals surface area contributed by atoms with E-state index in [1.165, 1.54) is 25.5 Å². The van der Waals surface area contributed by atoms with Gasteiger partial charge in [0, 0.05) is 18.3 Å². The standard InChI is InChI=1S/C15H23FN2/c1-11-9-14(6-7-15(11)16)17-12(2)13-5-4-8-18(3)10-13/h6-7,9,12-13,17H,4-5,8,10H2,1-3H3. The highest BCUT2D eigenvalue weighted by Crippen LogP contribution is 2.22. The maximum atomic E-state index is 13.2. The molecule has 2 nitrogen and oxygen atoms in total. The Kier molecular flexibility index (Phi) is 4.23. The summed E-state index contributed by atoms with van der Waals surface area (Å²) in [5, 5.41) is 3.51.